The Morgan fingerprint density at radius 3 is 1.36 bits per heavy atom. The minimum Gasteiger partial charge on any atom is -0.394 e. The fourth-order valence-electron chi connectivity index (χ4n) is 1.50. The van der Waals surface area contributed by atoms with Crippen LogP contribution in [0, 0.1) is 0 Å². The lowest BCUT2D eigenvalue weighted by Gasteiger charge is -2.51. The van der Waals surface area contributed by atoms with Gasteiger partial charge in [-0.05, 0) is 27.7 Å². The summed E-state index contributed by atoms with van der Waals surface area (Å²) in [6.07, 6.45) is -0.883. The highest BCUT2D eigenvalue weighted by Gasteiger charge is 2.48. The van der Waals surface area contributed by atoms with Crippen LogP contribution in [0.4, 0.5) is 0 Å². The van der Waals surface area contributed by atoms with Crippen molar-refractivity contribution in [1.29, 1.82) is 0 Å². The molecule has 0 aromatic heterocycles. The van der Waals surface area contributed by atoms with Crippen LogP contribution in [0.5, 0.6) is 0 Å². The molecule has 4 heteroatoms. The Hall–Kier alpha value is -0.160. The molecule has 14 heavy (non-hydrogen) atoms. The Kier molecular flexibility index (Phi) is 3.21. The predicted octanol–water partition coefficient (Wildman–Crippen LogP) is 0.312. The van der Waals surface area contributed by atoms with Crippen LogP contribution in [0.3, 0.4) is 0 Å². The normalized spacial score (nSPS) is 35.6. The van der Waals surface area contributed by atoms with Gasteiger partial charge in [0.1, 0.15) is 12.2 Å². The van der Waals surface area contributed by atoms with Crippen molar-refractivity contribution in [2.24, 2.45) is 0 Å². The molecular formula is C10H20O4. The molecule has 1 rings (SSSR count). The molecule has 84 valence electrons. The average Bonchev–Trinajstić information content (AvgIpc) is 2.09. The largest absolute Gasteiger partial charge is 0.394 e. The van der Waals surface area contributed by atoms with Crippen molar-refractivity contribution in [3.63, 3.8) is 0 Å². The van der Waals surface area contributed by atoms with Crippen LogP contribution in [0.1, 0.15) is 27.7 Å². The summed E-state index contributed by atoms with van der Waals surface area (Å²) in [6.45, 7) is 7.41. The Balaban J connectivity index is 2.81. The van der Waals surface area contributed by atoms with Gasteiger partial charge < -0.3 is 19.7 Å². The first-order valence-electron chi connectivity index (χ1n) is 4.91. The summed E-state index contributed by atoms with van der Waals surface area (Å²) in [5.74, 6) is 0. The minimum absolute atomic E-state index is 0.134. The van der Waals surface area contributed by atoms with E-state index in [4.69, 9.17) is 19.7 Å². The van der Waals surface area contributed by atoms with Crippen molar-refractivity contribution < 1.29 is 19.7 Å². The molecule has 0 aliphatic carbocycles. The standard InChI is InChI=1S/C10H20O4/c1-9(2)10(3,4)14-8(6-12)7(5-11)13-9/h7-8,11-12H,5-6H2,1-4H3/t7-,8-/m1/s1. The number of hydrogen-bond donors (Lipinski definition) is 2. The Bertz CT molecular complexity index is 178. The Morgan fingerprint density at radius 1 is 0.857 bits per heavy atom. The van der Waals surface area contributed by atoms with E-state index in [1.54, 1.807) is 0 Å². The highest BCUT2D eigenvalue weighted by molar-refractivity contribution is 4.96. The second kappa shape index (κ2) is 3.77. The molecule has 0 amide bonds. The highest BCUT2D eigenvalue weighted by atomic mass is 16.6. The van der Waals surface area contributed by atoms with Crippen LogP contribution in [0.25, 0.3) is 0 Å². The van der Waals surface area contributed by atoms with E-state index in [0.29, 0.717) is 0 Å². The van der Waals surface area contributed by atoms with Gasteiger partial charge in [0.2, 0.25) is 0 Å². The van der Waals surface area contributed by atoms with E-state index >= 15 is 0 Å². The lowest BCUT2D eigenvalue weighted by Crippen LogP contribution is -2.62. The first kappa shape index (κ1) is 11.9. The zero-order valence-corrected chi connectivity index (χ0v) is 9.28. The van der Waals surface area contributed by atoms with Gasteiger partial charge in [-0.25, -0.2) is 0 Å². The summed E-state index contributed by atoms with van der Waals surface area (Å²) in [5.41, 5.74) is -0.932. The van der Waals surface area contributed by atoms with E-state index in [1.807, 2.05) is 27.7 Å². The monoisotopic (exact) mass is 204 g/mol. The molecule has 0 radical (unpaired) electrons. The fourth-order valence-corrected chi connectivity index (χ4v) is 1.50. The van der Waals surface area contributed by atoms with Crippen LogP contribution >= 0.6 is 0 Å². The molecule has 0 spiro atoms. The second-order valence-corrected chi connectivity index (χ2v) is 4.70. The van der Waals surface area contributed by atoms with E-state index in [2.05, 4.69) is 0 Å². The molecule has 2 N–H and O–H groups in total. The van der Waals surface area contributed by atoms with Gasteiger partial charge in [-0.1, -0.05) is 0 Å². The van der Waals surface area contributed by atoms with Crippen LogP contribution in [-0.2, 0) is 9.47 Å². The minimum atomic E-state index is -0.466. The summed E-state index contributed by atoms with van der Waals surface area (Å²) >= 11 is 0. The Labute approximate surface area is 84.8 Å². The first-order valence-corrected chi connectivity index (χ1v) is 4.91. The molecule has 1 saturated heterocycles. The van der Waals surface area contributed by atoms with Crippen molar-refractivity contribution >= 4 is 0 Å². The molecule has 0 unspecified atom stereocenters. The zero-order valence-electron chi connectivity index (χ0n) is 9.28. The molecule has 1 aliphatic heterocycles. The van der Waals surface area contributed by atoms with Gasteiger partial charge >= 0.3 is 0 Å². The average molecular weight is 204 g/mol. The van der Waals surface area contributed by atoms with E-state index in [1.165, 1.54) is 0 Å². The molecule has 0 aromatic rings. The highest BCUT2D eigenvalue weighted by Crippen LogP contribution is 2.36. The number of aliphatic hydroxyl groups is 2. The molecule has 1 aliphatic rings. The smallest absolute Gasteiger partial charge is 0.110 e. The SMILES string of the molecule is CC1(C)O[C@H](CO)[C@@H](CO)OC1(C)C. The lowest BCUT2D eigenvalue weighted by atomic mass is 9.86. The van der Waals surface area contributed by atoms with Crippen molar-refractivity contribution in [2.75, 3.05) is 13.2 Å². The van der Waals surface area contributed by atoms with Crippen molar-refractivity contribution in [2.45, 2.75) is 51.1 Å². The number of ether oxygens (including phenoxy) is 2. The molecule has 1 fully saturated rings. The quantitative estimate of drug-likeness (QED) is 0.679. The number of hydrogen-bond acceptors (Lipinski definition) is 4. The third-order valence-corrected chi connectivity index (χ3v) is 3.12. The van der Waals surface area contributed by atoms with Gasteiger partial charge in [0, 0.05) is 0 Å². The lowest BCUT2D eigenvalue weighted by molar-refractivity contribution is -0.304. The molecule has 0 aromatic carbocycles. The number of aliphatic hydroxyl groups excluding tert-OH is 2. The van der Waals surface area contributed by atoms with Crippen LogP contribution < -0.4 is 0 Å². The van der Waals surface area contributed by atoms with Crippen molar-refractivity contribution in [3.8, 4) is 0 Å². The van der Waals surface area contributed by atoms with Crippen molar-refractivity contribution in [3.05, 3.63) is 0 Å². The third kappa shape index (κ3) is 1.93. The molecular weight excluding hydrogens is 184 g/mol. The first-order chi connectivity index (χ1) is 6.34. The number of rotatable bonds is 2. The summed E-state index contributed by atoms with van der Waals surface area (Å²) in [6, 6.07) is 0. The van der Waals surface area contributed by atoms with Gasteiger partial charge in [0.25, 0.3) is 0 Å². The maximum atomic E-state index is 9.08. The van der Waals surface area contributed by atoms with Crippen LogP contribution in [0.2, 0.25) is 0 Å². The fraction of sp³-hybridized carbons (Fsp3) is 1.00. The van der Waals surface area contributed by atoms with E-state index in [-0.39, 0.29) is 13.2 Å². The van der Waals surface area contributed by atoms with Crippen LogP contribution in [-0.4, -0.2) is 46.8 Å². The molecule has 1 heterocycles. The maximum absolute atomic E-state index is 9.08. The second-order valence-electron chi connectivity index (χ2n) is 4.70. The molecule has 0 saturated carbocycles. The van der Waals surface area contributed by atoms with E-state index in [9.17, 15) is 0 Å². The summed E-state index contributed by atoms with van der Waals surface area (Å²) < 4.78 is 11.4. The maximum Gasteiger partial charge on any atom is 0.110 e. The predicted molar refractivity (Wildman–Crippen MR) is 52.1 cm³/mol. The summed E-state index contributed by atoms with van der Waals surface area (Å²) in [7, 11) is 0. The van der Waals surface area contributed by atoms with E-state index < -0.39 is 23.4 Å². The Morgan fingerprint density at radius 2 is 1.14 bits per heavy atom. The van der Waals surface area contributed by atoms with Gasteiger partial charge in [0.15, 0.2) is 0 Å². The van der Waals surface area contributed by atoms with Crippen LogP contribution in [0.15, 0.2) is 0 Å². The van der Waals surface area contributed by atoms with Gasteiger partial charge in [-0.3, -0.25) is 0 Å². The molecule has 4 nitrogen and oxygen atoms in total. The third-order valence-electron chi connectivity index (χ3n) is 3.12. The van der Waals surface area contributed by atoms with Gasteiger partial charge in [0.05, 0.1) is 24.4 Å². The summed E-state index contributed by atoms with van der Waals surface area (Å²) in [4.78, 5) is 0. The van der Waals surface area contributed by atoms with Crippen molar-refractivity contribution in [1.82, 2.24) is 0 Å². The van der Waals surface area contributed by atoms with E-state index in [0.717, 1.165) is 0 Å². The molecule has 0 bridgehead atoms. The van der Waals surface area contributed by atoms with Gasteiger partial charge in [-0.15, -0.1) is 0 Å². The summed E-state index contributed by atoms with van der Waals surface area (Å²) in [5, 5.41) is 18.2. The molecule has 2 atom stereocenters. The zero-order chi connectivity index (χ0) is 11.0. The topological polar surface area (TPSA) is 58.9 Å². The van der Waals surface area contributed by atoms with Gasteiger partial charge in [-0.2, -0.15) is 0 Å².